The van der Waals surface area contributed by atoms with Gasteiger partial charge in [-0.1, -0.05) is 28.9 Å². The standard InChI is InChI=1S/C17H16ClN5O2/c1-11-10-16(23-25-11)20-15-7-6-14(21-22-15)17(24)19-9-8-12-2-4-13(18)5-3-12/h2-7,10H,8-9H2,1H3,(H,19,24)(H,20,22,23). The number of nitrogens with zero attached hydrogens (tertiary/aromatic N) is 3. The van der Waals surface area contributed by atoms with Crippen molar-refractivity contribution in [2.45, 2.75) is 13.3 Å². The van der Waals surface area contributed by atoms with Crippen molar-refractivity contribution in [3.63, 3.8) is 0 Å². The van der Waals surface area contributed by atoms with Crippen molar-refractivity contribution >= 4 is 29.1 Å². The Morgan fingerprint density at radius 1 is 1.12 bits per heavy atom. The van der Waals surface area contributed by atoms with Gasteiger partial charge in [0.25, 0.3) is 5.91 Å². The molecule has 2 N–H and O–H groups in total. The molecule has 0 spiro atoms. The van der Waals surface area contributed by atoms with Crippen LogP contribution in [0.2, 0.25) is 5.02 Å². The number of amides is 1. The molecule has 0 fully saturated rings. The van der Waals surface area contributed by atoms with Gasteiger partial charge in [-0.3, -0.25) is 4.79 Å². The summed E-state index contributed by atoms with van der Waals surface area (Å²) in [5.41, 5.74) is 1.34. The van der Waals surface area contributed by atoms with E-state index in [1.165, 1.54) is 0 Å². The van der Waals surface area contributed by atoms with Gasteiger partial charge in [-0.15, -0.1) is 10.2 Å². The molecule has 0 saturated carbocycles. The number of aromatic nitrogens is 3. The van der Waals surface area contributed by atoms with Crippen LogP contribution in [0.5, 0.6) is 0 Å². The molecular weight excluding hydrogens is 342 g/mol. The molecule has 0 aliphatic carbocycles. The van der Waals surface area contributed by atoms with Crippen molar-refractivity contribution < 1.29 is 9.32 Å². The van der Waals surface area contributed by atoms with E-state index >= 15 is 0 Å². The molecule has 2 aromatic heterocycles. The molecule has 0 unspecified atom stereocenters. The fourth-order valence-corrected chi connectivity index (χ4v) is 2.26. The summed E-state index contributed by atoms with van der Waals surface area (Å²) in [4.78, 5) is 12.1. The number of rotatable bonds is 6. The zero-order valence-corrected chi connectivity index (χ0v) is 14.2. The average Bonchev–Trinajstić information content (AvgIpc) is 3.02. The van der Waals surface area contributed by atoms with Crippen molar-refractivity contribution in [1.82, 2.24) is 20.7 Å². The molecule has 128 valence electrons. The fourth-order valence-electron chi connectivity index (χ4n) is 2.14. The Morgan fingerprint density at radius 3 is 2.56 bits per heavy atom. The van der Waals surface area contributed by atoms with Crippen molar-refractivity contribution in [1.29, 1.82) is 0 Å². The molecule has 1 aromatic carbocycles. The van der Waals surface area contributed by atoms with E-state index in [1.807, 2.05) is 24.3 Å². The van der Waals surface area contributed by atoms with Gasteiger partial charge in [0.1, 0.15) is 5.76 Å². The van der Waals surface area contributed by atoms with E-state index in [9.17, 15) is 4.79 Å². The lowest BCUT2D eigenvalue weighted by Gasteiger charge is -2.05. The number of benzene rings is 1. The first-order chi connectivity index (χ1) is 12.1. The number of halogens is 1. The molecule has 7 nitrogen and oxygen atoms in total. The highest BCUT2D eigenvalue weighted by atomic mass is 35.5. The molecule has 0 radical (unpaired) electrons. The van der Waals surface area contributed by atoms with Crippen LogP contribution in [0.25, 0.3) is 0 Å². The quantitative estimate of drug-likeness (QED) is 0.704. The highest BCUT2D eigenvalue weighted by Gasteiger charge is 2.08. The van der Waals surface area contributed by atoms with Crippen molar-refractivity contribution in [2.24, 2.45) is 0 Å². The van der Waals surface area contributed by atoms with E-state index in [0.717, 1.165) is 5.56 Å². The summed E-state index contributed by atoms with van der Waals surface area (Å²) in [6.45, 7) is 2.29. The molecule has 0 bridgehead atoms. The highest BCUT2D eigenvalue weighted by Crippen LogP contribution is 2.13. The monoisotopic (exact) mass is 357 g/mol. The van der Waals surface area contributed by atoms with Crippen LogP contribution < -0.4 is 10.6 Å². The maximum absolute atomic E-state index is 12.1. The number of aryl methyl sites for hydroxylation is 1. The summed E-state index contributed by atoms with van der Waals surface area (Å²) >= 11 is 5.84. The first kappa shape index (κ1) is 16.9. The van der Waals surface area contributed by atoms with E-state index in [-0.39, 0.29) is 11.6 Å². The average molecular weight is 358 g/mol. The second kappa shape index (κ2) is 7.76. The number of nitrogens with one attached hydrogen (secondary N) is 2. The third-order valence-electron chi connectivity index (χ3n) is 3.39. The van der Waals surface area contributed by atoms with Gasteiger partial charge in [-0.2, -0.15) is 0 Å². The third-order valence-corrected chi connectivity index (χ3v) is 3.65. The number of anilines is 2. The predicted molar refractivity (Wildman–Crippen MR) is 94.0 cm³/mol. The predicted octanol–water partition coefficient (Wildman–Crippen LogP) is 3.14. The zero-order chi connectivity index (χ0) is 17.6. The van der Waals surface area contributed by atoms with E-state index in [1.54, 1.807) is 25.1 Å². The molecule has 0 saturated heterocycles. The molecule has 8 heteroatoms. The fraction of sp³-hybridized carbons (Fsp3) is 0.176. The highest BCUT2D eigenvalue weighted by molar-refractivity contribution is 6.30. The summed E-state index contributed by atoms with van der Waals surface area (Å²) in [6, 6.07) is 12.5. The lowest BCUT2D eigenvalue weighted by atomic mass is 10.1. The summed E-state index contributed by atoms with van der Waals surface area (Å²) in [7, 11) is 0. The summed E-state index contributed by atoms with van der Waals surface area (Å²) in [5, 5.41) is 18.1. The number of carbonyl (C=O) groups excluding carboxylic acids is 1. The van der Waals surface area contributed by atoms with Gasteiger partial charge in [0.15, 0.2) is 17.3 Å². The molecular formula is C17H16ClN5O2. The Labute approximate surface area is 149 Å². The molecule has 3 rings (SSSR count). The van der Waals surface area contributed by atoms with Crippen molar-refractivity contribution in [3.8, 4) is 0 Å². The third kappa shape index (κ3) is 4.77. The lowest BCUT2D eigenvalue weighted by Crippen LogP contribution is -2.26. The molecule has 2 heterocycles. The second-order valence-electron chi connectivity index (χ2n) is 5.38. The molecule has 25 heavy (non-hydrogen) atoms. The second-order valence-corrected chi connectivity index (χ2v) is 5.82. The minimum absolute atomic E-state index is 0.248. The first-order valence-electron chi connectivity index (χ1n) is 7.67. The van der Waals surface area contributed by atoms with E-state index < -0.39 is 0 Å². The maximum atomic E-state index is 12.1. The lowest BCUT2D eigenvalue weighted by molar-refractivity contribution is 0.0948. The first-order valence-corrected chi connectivity index (χ1v) is 8.05. The molecule has 1 amide bonds. The van der Waals surface area contributed by atoms with Gasteiger partial charge in [0.05, 0.1) is 0 Å². The number of hydrogen-bond acceptors (Lipinski definition) is 6. The minimum Gasteiger partial charge on any atom is -0.360 e. The van der Waals surface area contributed by atoms with Crippen LogP contribution in [0.15, 0.2) is 47.0 Å². The van der Waals surface area contributed by atoms with Crippen molar-refractivity contribution in [3.05, 3.63) is 64.5 Å². The Kier molecular flexibility index (Phi) is 5.25. The van der Waals surface area contributed by atoms with Gasteiger partial charge in [-0.05, 0) is 43.2 Å². The maximum Gasteiger partial charge on any atom is 0.271 e. The smallest absolute Gasteiger partial charge is 0.271 e. The topological polar surface area (TPSA) is 92.9 Å². The van der Waals surface area contributed by atoms with Gasteiger partial charge < -0.3 is 15.2 Å². The Hall–Kier alpha value is -2.93. The Balaban J connectivity index is 1.51. The van der Waals surface area contributed by atoms with E-state index in [2.05, 4.69) is 26.0 Å². The van der Waals surface area contributed by atoms with E-state index in [4.69, 9.17) is 16.1 Å². The molecule has 0 aliphatic heterocycles. The van der Waals surface area contributed by atoms with Crippen LogP contribution in [0.1, 0.15) is 21.8 Å². The van der Waals surface area contributed by atoms with Crippen LogP contribution in [0.4, 0.5) is 11.6 Å². The van der Waals surface area contributed by atoms with Crippen LogP contribution >= 0.6 is 11.6 Å². The van der Waals surface area contributed by atoms with Gasteiger partial charge in [0.2, 0.25) is 0 Å². The van der Waals surface area contributed by atoms with Crippen LogP contribution in [0.3, 0.4) is 0 Å². The van der Waals surface area contributed by atoms with Crippen molar-refractivity contribution in [2.75, 3.05) is 11.9 Å². The summed E-state index contributed by atoms with van der Waals surface area (Å²) in [5.74, 6) is 1.43. The minimum atomic E-state index is -0.273. The van der Waals surface area contributed by atoms with Crippen LogP contribution in [-0.4, -0.2) is 27.8 Å². The largest absolute Gasteiger partial charge is 0.360 e. The van der Waals surface area contributed by atoms with Gasteiger partial charge >= 0.3 is 0 Å². The Bertz CT molecular complexity index is 846. The molecule has 0 atom stereocenters. The van der Waals surface area contributed by atoms with Gasteiger partial charge in [0, 0.05) is 17.6 Å². The van der Waals surface area contributed by atoms with Crippen LogP contribution in [-0.2, 0) is 6.42 Å². The normalized spacial score (nSPS) is 10.5. The Morgan fingerprint density at radius 2 is 1.92 bits per heavy atom. The molecule has 0 aliphatic rings. The molecule has 3 aromatic rings. The number of carbonyl (C=O) groups is 1. The van der Waals surface area contributed by atoms with Gasteiger partial charge in [-0.25, -0.2) is 0 Å². The van der Waals surface area contributed by atoms with Crippen LogP contribution in [0, 0.1) is 6.92 Å². The SMILES string of the molecule is Cc1cc(Nc2ccc(C(=O)NCCc3ccc(Cl)cc3)nn2)no1. The number of hydrogen-bond donors (Lipinski definition) is 2. The summed E-state index contributed by atoms with van der Waals surface area (Å²) < 4.78 is 4.95. The summed E-state index contributed by atoms with van der Waals surface area (Å²) in [6.07, 6.45) is 0.710. The zero-order valence-electron chi connectivity index (χ0n) is 13.5. The van der Waals surface area contributed by atoms with E-state index in [0.29, 0.717) is 35.4 Å².